The molecule has 29 heavy (non-hydrogen) atoms. The summed E-state index contributed by atoms with van der Waals surface area (Å²) in [5, 5.41) is 7.91. The number of benzene rings is 1. The number of rotatable bonds is 4. The van der Waals surface area contributed by atoms with Crippen molar-refractivity contribution >= 4 is 40.5 Å². The number of aromatic nitrogens is 5. The molecule has 5 N–H and O–H groups in total. The first-order chi connectivity index (χ1) is 14.0. The van der Waals surface area contributed by atoms with Crippen LogP contribution in [-0.4, -0.2) is 24.6 Å². The average molecular weight is 406 g/mol. The van der Waals surface area contributed by atoms with Gasteiger partial charge in [0.15, 0.2) is 5.65 Å². The summed E-state index contributed by atoms with van der Waals surface area (Å²) in [6, 6.07) is 9.42. The number of nitrogens with zero attached hydrogens (tertiary/aromatic N) is 6. The van der Waals surface area contributed by atoms with E-state index >= 15 is 0 Å². The SMILES string of the molecule is [C-]#[N+]c1c(N)nc(N)nc1N[C@@H](C)c1cn2ncc(Cl)c2nc1-c1ccccc1. The Labute approximate surface area is 171 Å². The second-order valence-electron chi connectivity index (χ2n) is 6.31. The quantitative estimate of drug-likeness (QED) is 0.442. The van der Waals surface area contributed by atoms with Crippen molar-refractivity contribution in [3.05, 3.63) is 64.7 Å². The summed E-state index contributed by atoms with van der Waals surface area (Å²) in [4.78, 5) is 16.1. The van der Waals surface area contributed by atoms with Crippen LogP contribution in [0.2, 0.25) is 5.02 Å². The van der Waals surface area contributed by atoms with E-state index in [2.05, 4.69) is 25.2 Å². The molecule has 0 saturated carbocycles. The van der Waals surface area contributed by atoms with Crippen molar-refractivity contribution < 1.29 is 0 Å². The van der Waals surface area contributed by atoms with Crippen LogP contribution in [0, 0.1) is 6.57 Å². The van der Waals surface area contributed by atoms with E-state index < -0.39 is 0 Å². The van der Waals surface area contributed by atoms with E-state index in [-0.39, 0.29) is 29.3 Å². The van der Waals surface area contributed by atoms with Crippen molar-refractivity contribution in [3.8, 4) is 11.3 Å². The third-order valence-corrected chi connectivity index (χ3v) is 4.65. The normalized spacial score (nSPS) is 11.9. The molecule has 144 valence electrons. The zero-order valence-electron chi connectivity index (χ0n) is 15.3. The van der Waals surface area contributed by atoms with Crippen LogP contribution in [0.1, 0.15) is 18.5 Å². The maximum Gasteiger partial charge on any atom is 0.268 e. The molecule has 0 saturated heterocycles. The summed E-state index contributed by atoms with van der Waals surface area (Å²) < 4.78 is 1.61. The van der Waals surface area contributed by atoms with E-state index in [0.717, 1.165) is 16.8 Å². The Kier molecular flexibility index (Phi) is 4.62. The number of halogens is 1. The van der Waals surface area contributed by atoms with Crippen LogP contribution in [0.15, 0.2) is 42.7 Å². The van der Waals surface area contributed by atoms with E-state index in [9.17, 15) is 0 Å². The van der Waals surface area contributed by atoms with Crippen LogP contribution in [0.25, 0.3) is 21.7 Å². The Hall–Kier alpha value is -3.90. The van der Waals surface area contributed by atoms with Gasteiger partial charge in [-0.2, -0.15) is 5.10 Å². The zero-order chi connectivity index (χ0) is 20.5. The zero-order valence-corrected chi connectivity index (χ0v) is 16.1. The Balaban J connectivity index is 1.84. The monoisotopic (exact) mass is 405 g/mol. The molecule has 0 spiro atoms. The molecule has 0 fully saturated rings. The number of nitrogen functional groups attached to an aromatic ring is 2. The van der Waals surface area contributed by atoms with Crippen molar-refractivity contribution in [3.63, 3.8) is 0 Å². The van der Waals surface area contributed by atoms with E-state index in [1.54, 1.807) is 10.7 Å². The van der Waals surface area contributed by atoms with Gasteiger partial charge in [-0.1, -0.05) is 41.9 Å². The van der Waals surface area contributed by atoms with E-state index in [1.165, 1.54) is 0 Å². The number of hydrogen-bond acceptors (Lipinski definition) is 7. The van der Waals surface area contributed by atoms with Crippen LogP contribution >= 0.6 is 11.6 Å². The molecule has 1 atom stereocenters. The summed E-state index contributed by atoms with van der Waals surface area (Å²) in [7, 11) is 0. The van der Waals surface area contributed by atoms with Crippen molar-refractivity contribution in [2.45, 2.75) is 13.0 Å². The predicted molar refractivity (Wildman–Crippen MR) is 113 cm³/mol. The lowest BCUT2D eigenvalue weighted by atomic mass is 10.0. The lowest BCUT2D eigenvalue weighted by Gasteiger charge is -2.19. The molecule has 0 aliphatic rings. The topological polar surface area (TPSA) is 124 Å². The first kappa shape index (κ1) is 18.5. The fraction of sp³-hybridized carbons (Fsp3) is 0.105. The van der Waals surface area contributed by atoms with Gasteiger partial charge in [0.1, 0.15) is 16.7 Å². The lowest BCUT2D eigenvalue weighted by molar-refractivity contribution is 0.832. The van der Waals surface area contributed by atoms with Crippen LogP contribution in [0.5, 0.6) is 0 Å². The van der Waals surface area contributed by atoms with Gasteiger partial charge in [0.2, 0.25) is 5.95 Å². The highest BCUT2D eigenvalue weighted by Crippen LogP contribution is 2.34. The van der Waals surface area contributed by atoms with Crippen molar-refractivity contribution in [1.29, 1.82) is 0 Å². The van der Waals surface area contributed by atoms with Crippen LogP contribution in [0.4, 0.5) is 23.3 Å². The molecule has 4 rings (SSSR count). The molecule has 3 heterocycles. The van der Waals surface area contributed by atoms with Gasteiger partial charge >= 0.3 is 0 Å². The van der Waals surface area contributed by atoms with Gasteiger partial charge in [0, 0.05) is 17.3 Å². The predicted octanol–water partition coefficient (Wildman–Crippen LogP) is 3.73. The first-order valence-corrected chi connectivity index (χ1v) is 9.02. The van der Waals surface area contributed by atoms with E-state index in [4.69, 9.17) is 34.6 Å². The molecule has 3 aromatic heterocycles. The molecule has 4 aromatic rings. The summed E-state index contributed by atoms with van der Waals surface area (Å²) in [5.41, 5.74) is 14.7. The highest BCUT2D eigenvalue weighted by Gasteiger charge is 2.20. The number of hydrogen-bond donors (Lipinski definition) is 3. The van der Waals surface area contributed by atoms with Gasteiger partial charge in [-0.3, -0.25) is 0 Å². The minimum atomic E-state index is -0.306. The van der Waals surface area contributed by atoms with Gasteiger partial charge < -0.3 is 16.8 Å². The maximum absolute atomic E-state index is 7.38. The van der Waals surface area contributed by atoms with Gasteiger partial charge in [-0.25, -0.2) is 24.3 Å². The Bertz CT molecular complexity index is 1240. The minimum absolute atomic E-state index is 0.0136. The van der Waals surface area contributed by atoms with Crippen LogP contribution < -0.4 is 16.8 Å². The van der Waals surface area contributed by atoms with Gasteiger partial charge in [-0.15, -0.1) is 0 Å². The molecule has 9 nitrogen and oxygen atoms in total. The molecule has 1 aromatic carbocycles. The maximum atomic E-state index is 7.38. The Morgan fingerprint density at radius 2 is 1.93 bits per heavy atom. The molecule has 0 bridgehead atoms. The van der Waals surface area contributed by atoms with Crippen molar-refractivity contribution in [1.82, 2.24) is 24.6 Å². The first-order valence-electron chi connectivity index (χ1n) is 8.64. The molecular formula is C19H16ClN9. The van der Waals surface area contributed by atoms with Gasteiger partial charge in [0.05, 0.1) is 24.5 Å². The van der Waals surface area contributed by atoms with Crippen LogP contribution in [0.3, 0.4) is 0 Å². The summed E-state index contributed by atoms with van der Waals surface area (Å²) in [5.74, 6) is 0.272. The average Bonchev–Trinajstić information content (AvgIpc) is 3.07. The van der Waals surface area contributed by atoms with Crippen LogP contribution in [-0.2, 0) is 0 Å². The Morgan fingerprint density at radius 3 is 2.66 bits per heavy atom. The smallest absolute Gasteiger partial charge is 0.268 e. The minimum Gasteiger partial charge on any atom is -0.392 e. The second-order valence-corrected chi connectivity index (χ2v) is 6.72. The fourth-order valence-electron chi connectivity index (χ4n) is 3.03. The molecule has 0 amide bonds. The second kappa shape index (κ2) is 7.26. The number of nitrogens with two attached hydrogens (primary N) is 2. The third kappa shape index (κ3) is 3.37. The molecular weight excluding hydrogens is 390 g/mol. The number of anilines is 3. The van der Waals surface area contributed by atoms with Gasteiger partial charge in [-0.05, 0) is 6.92 Å². The number of fused-ring (bicyclic) bond motifs is 1. The standard InChI is InChI=1S/C19H16ClN9/c1-10(25-17-15(23-2)16(21)27-19(22)28-17)12-9-29-18(13(20)8-24-29)26-14(12)11-6-4-3-5-7-11/h3-10H,1H3,(H5,21,22,25,27,28)/t10-/m0/s1. The highest BCUT2D eigenvalue weighted by atomic mass is 35.5. The Morgan fingerprint density at radius 1 is 1.17 bits per heavy atom. The molecule has 10 heteroatoms. The summed E-state index contributed by atoms with van der Waals surface area (Å²) in [6.07, 6.45) is 3.39. The van der Waals surface area contributed by atoms with E-state index in [1.807, 2.05) is 43.5 Å². The van der Waals surface area contributed by atoms with Crippen molar-refractivity contribution in [2.75, 3.05) is 16.8 Å². The highest BCUT2D eigenvalue weighted by molar-refractivity contribution is 6.33. The summed E-state index contributed by atoms with van der Waals surface area (Å²) in [6.45, 7) is 9.29. The van der Waals surface area contributed by atoms with E-state index in [0.29, 0.717) is 10.7 Å². The number of nitrogens with one attached hydrogen (secondary N) is 1. The lowest BCUT2D eigenvalue weighted by Crippen LogP contribution is -2.13. The molecule has 0 unspecified atom stereocenters. The molecule has 0 aliphatic heterocycles. The van der Waals surface area contributed by atoms with Crippen molar-refractivity contribution in [2.24, 2.45) is 0 Å². The molecule has 0 aliphatic carbocycles. The largest absolute Gasteiger partial charge is 0.392 e. The molecule has 0 radical (unpaired) electrons. The third-order valence-electron chi connectivity index (χ3n) is 4.39. The summed E-state index contributed by atoms with van der Waals surface area (Å²) >= 11 is 6.23. The fourth-order valence-corrected chi connectivity index (χ4v) is 3.20. The van der Waals surface area contributed by atoms with Gasteiger partial charge in [0.25, 0.3) is 5.69 Å².